The van der Waals surface area contributed by atoms with E-state index in [-0.39, 0.29) is 0 Å². The van der Waals surface area contributed by atoms with Crippen LogP contribution in [0.25, 0.3) is 0 Å². The third-order valence-corrected chi connectivity index (χ3v) is 3.28. The average Bonchev–Trinajstić information content (AvgIpc) is 2.46. The lowest BCUT2D eigenvalue weighted by Crippen LogP contribution is -2.38. The normalized spacial score (nSPS) is 11.9. The Hall–Kier alpha value is -1.13. The van der Waals surface area contributed by atoms with Crippen LogP contribution in [0.5, 0.6) is 0 Å². The van der Waals surface area contributed by atoms with E-state index in [1.807, 2.05) is 6.07 Å². The van der Waals surface area contributed by atoms with Crippen LogP contribution in [0.4, 0.5) is 0 Å². The third-order valence-electron chi connectivity index (χ3n) is 3.05. The van der Waals surface area contributed by atoms with Gasteiger partial charge in [0, 0.05) is 6.54 Å². The fourth-order valence-electron chi connectivity index (χ4n) is 1.93. The third kappa shape index (κ3) is 8.12. The van der Waals surface area contributed by atoms with Crippen molar-refractivity contribution in [2.75, 3.05) is 13.2 Å². The van der Waals surface area contributed by atoms with Crippen molar-refractivity contribution in [3.63, 3.8) is 0 Å². The second-order valence-electron chi connectivity index (χ2n) is 5.16. The number of rotatable bonds is 9. The molecule has 1 aromatic carbocycles. The van der Waals surface area contributed by atoms with Gasteiger partial charge in [-0.15, -0.1) is 0 Å². The smallest absolute Gasteiger partial charge is 0.190 e. The van der Waals surface area contributed by atoms with Crippen molar-refractivity contribution in [2.45, 2.75) is 39.5 Å². The van der Waals surface area contributed by atoms with E-state index in [1.54, 1.807) is 0 Å². The van der Waals surface area contributed by atoms with Crippen molar-refractivity contribution in [2.24, 2.45) is 5.92 Å². The molecule has 1 atom stereocenters. The van der Waals surface area contributed by atoms with Gasteiger partial charge in [-0.2, -0.15) is 0 Å². The first-order valence-corrected chi connectivity index (χ1v) is 7.82. The van der Waals surface area contributed by atoms with Gasteiger partial charge in [-0.3, -0.25) is 4.84 Å². The molecule has 1 aromatic rings. The Labute approximate surface area is 128 Å². The molecule has 3 nitrogen and oxygen atoms in total. The fraction of sp³-hybridized carbons (Fsp3) is 0.562. The molecular weight excluding hydrogens is 268 g/mol. The van der Waals surface area contributed by atoms with Crippen molar-refractivity contribution in [3.05, 3.63) is 35.9 Å². The van der Waals surface area contributed by atoms with Gasteiger partial charge in [0.05, 0.1) is 6.61 Å². The maximum Gasteiger partial charge on any atom is 0.190 e. The lowest BCUT2D eigenvalue weighted by Gasteiger charge is -2.15. The second kappa shape index (κ2) is 10.6. The van der Waals surface area contributed by atoms with Gasteiger partial charge < -0.3 is 5.32 Å². The number of hydroxylamine groups is 1. The lowest BCUT2D eigenvalue weighted by atomic mass is 10.0. The molecule has 1 rings (SSSR count). The van der Waals surface area contributed by atoms with Crippen molar-refractivity contribution in [3.8, 4) is 0 Å². The van der Waals surface area contributed by atoms with Gasteiger partial charge >= 0.3 is 0 Å². The molecule has 1 unspecified atom stereocenters. The Morgan fingerprint density at radius 3 is 2.70 bits per heavy atom. The molecule has 0 aliphatic heterocycles. The van der Waals surface area contributed by atoms with E-state index in [9.17, 15) is 0 Å². The molecule has 0 aromatic heterocycles. The zero-order chi connectivity index (χ0) is 14.6. The van der Waals surface area contributed by atoms with Gasteiger partial charge in [0.15, 0.2) is 5.11 Å². The molecule has 0 saturated heterocycles. The molecule has 0 bridgehead atoms. The molecule has 0 aliphatic rings. The summed E-state index contributed by atoms with van der Waals surface area (Å²) >= 11 is 5.17. The Kier molecular flexibility index (Phi) is 9.00. The van der Waals surface area contributed by atoms with Gasteiger partial charge in [0.2, 0.25) is 0 Å². The molecule has 112 valence electrons. The SMILES string of the molecule is CCCCCONC(=S)NCC(C)Cc1ccccc1. The van der Waals surface area contributed by atoms with Crippen molar-refractivity contribution < 1.29 is 4.84 Å². The molecule has 0 radical (unpaired) electrons. The average molecular weight is 294 g/mol. The molecule has 0 fully saturated rings. The van der Waals surface area contributed by atoms with E-state index in [2.05, 4.69) is 48.9 Å². The Morgan fingerprint density at radius 1 is 1.25 bits per heavy atom. The summed E-state index contributed by atoms with van der Waals surface area (Å²) < 4.78 is 0. The van der Waals surface area contributed by atoms with E-state index in [4.69, 9.17) is 17.1 Å². The summed E-state index contributed by atoms with van der Waals surface area (Å²) in [6.07, 6.45) is 4.50. The van der Waals surface area contributed by atoms with E-state index in [1.165, 1.54) is 18.4 Å². The molecule has 2 N–H and O–H groups in total. The summed E-state index contributed by atoms with van der Waals surface area (Å²) in [5.74, 6) is 0.525. The first kappa shape index (κ1) is 16.9. The predicted octanol–water partition coefficient (Wildman–Crippen LogP) is 3.45. The van der Waals surface area contributed by atoms with Crippen LogP contribution in [-0.4, -0.2) is 18.3 Å². The zero-order valence-corrected chi connectivity index (χ0v) is 13.3. The summed E-state index contributed by atoms with van der Waals surface area (Å²) in [6, 6.07) is 10.5. The van der Waals surface area contributed by atoms with Crippen LogP contribution in [0.2, 0.25) is 0 Å². The van der Waals surface area contributed by atoms with E-state index < -0.39 is 0 Å². The highest BCUT2D eigenvalue weighted by Gasteiger charge is 2.04. The summed E-state index contributed by atoms with van der Waals surface area (Å²) in [5.41, 5.74) is 4.14. The highest BCUT2D eigenvalue weighted by molar-refractivity contribution is 7.80. The van der Waals surface area contributed by atoms with E-state index >= 15 is 0 Å². The van der Waals surface area contributed by atoms with E-state index in [0.717, 1.165) is 19.4 Å². The van der Waals surface area contributed by atoms with Crippen molar-refractivity contribution in [1.82, 2.24) is 10.8 Å². The number of hydrogen-bond acceptors (Lipinski definition) is 2. The van der Waals surface area contributed by atoms with Crippen molar-refractivity contribution >= 4 is 17.3 Å². The standard InChI is InChI=1S/C16H26N2OS/c1-3-4-8-11-19-18-16(20)17-13-14(2)12-15-9-6-5-7-10-15/h5-7,9-10,14H,3-4,8,11-13H2,1-2H3,(H2,17,18,20). The first-order chi connectivity index (χ1) is 9.72. The van der Waals surface area contributed by atoms with Crippen LogP contribution in [0, 0.1) is 5.92 Å². The number of unbranched alkanes of at least 4 members (excludes halogenated alkanes) is 2. The minimum atomic E-state index is 0.525. The quantitative estimate of drug-likeness (QED) is 0.415. The summed E-state index contributed by atoms with van der Waals surface area (Å²) in [4.78, 5) is 5.29. The monoisotopic (exact) mass is 294 g/mol. The Bertz CT molecular complexity index is 370. The zero-order valence-electron chi connectivity index (χ0n) is 12.5. The molecule has 0 saturated carbocycles. The molecular formula is C16H26N2OS. The van der Waals surface area contributed by atoms with E-state index in [0.29, 0.717) is 17.6 Å². The van der Waals surface area contributed by atoms with Crippen molar-refractivity contribution in [1.29, 1.82) is 0 Å². The van der Waals surface area contributed by atoms with Gasteiger partial charge in [0.1, 0.15) is 0 Å². The minimum Gasteiger partial charge on any atom is -0.361 e. The van der Waals surface area contributed by atoms with Crippen LogP contribution < -0.4 is 10.8 Å². The fourth-order valence-corrected chi connectivity index (χ4v) is 2.07. The number of nitrogens with one attached hydrogen (secondary N) is 2. The summed E-state index contributed by atoms with van der Waals surface area (Å²) in [5, 5.41) is 3.76. The molecule has 0 aliphatic carbocycles. The van der Waals surface area contributed by atoms with Crippen LogP contribution in [0.15, 0.2) is 30.3 Å². The van der Waals surface area contributed by atoms with Crippen LogP contribution in [0.1, 0.15) is 38.7 Å². The molecule has 0 spiro atoms. The largest absolute Gasteiger partial charge is 0.361 e. The lowest BCUT2D eigenvalue weighted by molar-refractivity contribution is 0.0811. The Balaban J connectivity index is 2.08. The van der Waals surface area contributed by atoms with Crippen LogP contribution in [0.3, 0.4) is 0 Å². The highest BCUT2D eigenvalue weighted by atomic mass is 32.1. The summed E-state index contributed by atoms with van der Waals surface area (Å²) in [6.45, 7) is 5.94. The minimum absolute atomic E-state index is 0.525. The molecule has 0 heterocycles. The molecule has 0 amide bonds. The number of thiocarbonyl (C=S) groups is 1. The first-order valence-electron chi connectivity index (χ1n) is 7.42. The Morgan fingerprint density at radius 2 is 2.00 bits per heavy atom. The number of hydrogen-bond donors (Lipinski definition) is 2. The summed E-state index contributed by atoms with van der Waals surface area (Å²) in [7, 11) is 0. The van der Waals surface area contributed by atoms with Gasteiger partial charge in [-0.1, -0.05) is 57.0 Å². The van der Waals surface area contributed by atoms with Gasteiger partial charge in [-0.25, -0.2) is 5.48 Å². The second-order valence-corrected chi connectivity index (χ2v) is 5.57. The molecule has 4 heteroatoms. The topological polar surface area (TPSA) is 33.3 Å². The highest BCUT2D eigenvalue weighted by Crippen LogP contribution is 2.06. The van der Waals surface area contributed by atoms with Gasteiger partial charge in [-0.05, 0) is 36.5 Å². The maximum atomic E-state index is 5.29. The van der Waals surface area contributed by atoms with Crippen LogP contribution in [-0.2, 0) is 11.3 Å². The number of benzene rings is 1. The predicted molar refractivity (Wildman–Crippen MR) is 88.5 cm³/mol. The van der Waals surface area contributed by atoms with Gasteiger partial charge in [0.25, 0.3) is 0 Å². The molecule has 20 heavy (non-hydrogen) atoms. The van der Waals surface area contributed by atoms with Crippen LogP contribution >= 0.6 is 12.2 Å². The maximum absolute atomic E-state index is 5.29.